The molecule has 1 amide bonds. The van der Waals surface area contributed by atoms with Crippen LogP contribution < -0.4 is 10.6 Å². The van der Waals surface area contributed by atoms with Crippen molar-refractivity contribution in [3.05, 3.63) is 33.3 Å². The molecule has 2 rings (SSSR count). The third kappa shape index (κ3) is 4.06. The van der Waals surface area contributed by atoms with Crippen LogP contribution in [0.25, 0.3) is 0 Å². The van der Waals surface area contributed by atoms with Gasteiger partial charge in [0.15, 0.2) is 0 Å². The Bertz CT molecular complexity index is 597. The van der Waals surface area contributed by atoms with Crippen molar-refractivity contribution < 1.29 is 4.79 Å². The molecule has 0 aliphatic heterocycles. The molecule has 0 spiro atoms. The Morgan fingerprint density at radius 3 is 2.60 bits per heavy atom. The van der Waals surface area contributed by atoms with Crippen LogP contribution >= 0.6 is 34.5 Å². The van der Waals surface area contributed by atoms with Crippen LogP contribution in [0.1, 0.15) is 23.1 Å². The number of hydrogen-bond acceptors (Lipinski definition) is 5. The van der Waals surface area contributed by atoms with E-state index < -0.39 is 0 Å². The lowest BCUT2D eigenvalue weighted by Crippen LogP contribution is -2.11. The van der Waals surface area contributed by atoms with Gasteiger partial charge in [0.05, 0.1) is 0 Å². The smallest absolute Gasteiger partial charge is 0.286 e. The van der Waals surface area contributed by atoms with Crippen LogP contribution in [0.5, 0.6) is 0 Å². The van der Waals surface area contributed by atoms with Gasteiger partial charge in [-0.2, -0.15) is 0 Å². The number of benzene rings is 1. The number of aromatic nitrogens is 2. The second-order valence-corrected chi connectivity index (χ2v) is 5.80. The average Bonchev–Trinajstić information content (AvgIpc) is 2.83. The third-order valence-corrected chi connectivity index (χ3v) is 3.58. The normalized spacial score (nSPS) is 10.3. The zero-order chi connectivity index (χ0) is 14.5. The van der Waals surface area contributed by atoms with E-state index in [1.54, 1.807) is 18.2 Å². The van der Waals surface area contributed by atoms with Crippen molar-refractivity contribution >= 4 is 51.3 Å². The van der Waals surface area contributed by atoms with Crippen molar-refractivity contribution in [2.24, 2.45) is 0 Å². The molecule has 1 aromatic heterocycles. The molecule has 2 aromatic rings. The Hall–Kier alpha value is -1.37. The van der Waals surface area contributed by atoms with Gasteiger partial charge in [-0.15, -0.1) is 10.2 Å². The maximum Gasteiger partial charge on any atom is 0.286 e. The first kappa shape index (κ1) is 15.0. The quantitative estimate of drug-likeness (QED) is 0.871. The van der Waals surface area contributed by atoms with E-state index in [0.29, 0.717) is 20.9 Å². The van der Waals surface area contributed by atoms with E-state index in [1.165, 1.54) is 11.3 Å². The van der Waals surface area contributed by atoms with E-state index in [1.807, 2.05) is 6.92 Å². The Balaban J connectivity index is 2.05. The number of halogens is 2. The van der Waals surface area contributed by atoms with E-state index >= 15 is 0 Å². The summed E-state index contributed by atoms with van der Waals surface area (Å²) in [5.41, 5.74) is 0.519. The molecule has 2 N–H and O–H groups in total. The number of nitrogens with one attached hydrogen (secondary N) is 2. The van der Waals surface area contributed by atoms with Gasteiger partial charge in [-0.3, -0.25) is 4.79 Å². The fraction of sp³-hybridized carbons (Fsp3) is 0.250. The lowest BCUT2D eigenvalue weighted by molar-refractivity contribution is 0.102. The summed E-state index contributed by atoms with van der Waals surface area (Å²) in [5, 5.41) is 15.3. The highest BCUT2D eigenvalue weighted by Crippen LogP contribution is 2.23. The Morgan fingerprint density at radius 1 is 1.25 bits per heavy atom. The van der Waals surface area contributed by atoms with Crippen molar-refractivity contribution in [2.75, 3.05) is 17.2 Å². The van der Waals surface area contributed by atoms with Crippen molar-refractivity contribution in [1.82, 2.24) is 10.2 Å². The summed E-state index contributed by atoms with van der Waals surface area (Å²) in [6.45, 7) is 2.84. The highest BCUT2D eigenvalue weighted by atomic mass is 35.5. The lowest BCUT2D eigenvalue weighted by atomic mass is 10.3. The minimum atomic E-state index is -0.342. The highest BCUT2D eigenvalue weighted by Gasteiger charge is 2.13. The fourth-order valence-electron chi connectivity index (χ4n) is 1.43. The van der Waals surface area contributed by atoms with Crippen LogP contribution in [0.2, 0.25) is 10.0 Å². The standard InChI is InChI=1S/C12H12Cl2N4OS/c1-2-3-15-12-18-17-11(20-12)10(19)16-9-5-7(13)4-8(14)6-9/h4-6H,2-3H2,1H3,(H,15,18)(H,16,19). The Labute approximate surface area is 130 Å². The van der Waals surface area contributed by atoms with Crippen LogP contribution in [-0.2, 0) is 0 Å². The summed E-state index contributed by atoms with van der Waals surface area (Å²) < 4.78 is 0. The molecular formula is C12H12Cl2N4OS. The van der Waals surface area contributed by atoms with Crippen molar-refractivity contribution in [3.63, 3.8) is 0 Å². The predicted octanol–water partition coefficient (Wildman–Crippen LogP) is 3.92. The first-order valence-corrected chi connectivity index (χ1v) is 7.50. The van der Waals surface area contributed by atoms with Gasteiger partial charge in [-0.05, 0) is 24.6 Å². The molecule has 0 radical (unpaired) electrons. The van der Waals surface area contributed by atoms with E-state index in [0.717, 1.165) is 13.0 Å². The van der Waals surface area contributed by atoms with Gasteiger partial charge in [-0.25, -0.2) is 0 Å². The fourth-order valence-corrected chi connectivity index (χ4v) is 2.62. The summed E-state index contributed by atoms with van der Waals surface area (Å²) in [5.74, 6) is -0.342. The molecule has 106 valence electrons. The molecule has 20 heavy (non-hydrogen) atoms. The van der Waals surface area contributed by atoms with Gasteiger partial charge >= 0.3 is 0 Å². The third-order valence-electron chi connectivity index (χ3n) is 2.27. The second-order valence-electron chi connectivity index (χ2n) is 3.95. The SMILES string of the molecule is CCCNc1nnc(C(=O)Nc2cc(Cl)cc(Cl)c2)s1. The maximum atomic E-state index is 12.0. The average molecular weight is 331 g/mol. The van der Waals surface area contributed by atoms with Crippen LogP contribution in [0.4, 0.5) is 10.8 Å². The minimum absolute atomic E-state index is 0.278. The largest absolute Gasteiger partial charge is 0.360 e. The Morgan fingerprint density at radius 2 is 1.95 bits per heavy atom. The maximum absolute atomic E-state index is 12.0. The molecule has 0 aliphatic carbocycles. The molecular weight excluding hydrogens is 319 g/mol. The highest BCUT2D eigenvalue weighted by molar-refractivity contribution is 7.17. The lowest BCUT2D eigenvalue weighted by Gasteiger charge is -2.03. The molecule has 0 aliphatic rings. The molecule has 0 saturated carbocycles. The summed E-state index contributed by atoms with van der Waals surface area (Å²) >= 11 is 12.9. The molecule has 0 unspecified atom stereocenters. The van der Waals surface area contributed by atoms with Gasteiger partial charge < -0.3 is 10.6 Å². The molecule has 0 atom stereocenters. The monoisotopic (exact) mass is 330 g/mol. The van der Waals surface area contributed by atoms with Crippen LogP contribution in [-0.4, -0.2) is 22.6 Å². The number of hydrogen-bond donors (Lipinski definition) is 2. The van der Waals surface area contributed by atoms with E-state index in [-0.39, 0.29) is 10.9 Å². The van der Waals surface area contributed by atoms with Crippen molar-refractivity contribution in [3.8, 4) is 0 Å². The van der Waals surface area contributed by atoms with E-state index in [4.69, 9.17) is 23.2 Å². The van der Waals surface area contributed by atoms with Crippen molar-refractivity contribution in [2.45, 2.75) is 13.3 Å². The number of amides is 1. The number of carbonyl (C=O) groups excluding carboxylic acids is 1. The second kappa shape index (κ2) is 6.88. The van der Waals surface area contributed by atoms with Crippen molar-refractivity contribution in [1.29, 1.82) is 0 Å². The van der Waals surface area contributed by atoms with Gasteiger partial charge in [0, 0.05) is 22.3 Å². The summed E-state index contributed by atoms with van der Waals surface area (Å²) in [7, 11) is 0. The van der Waals surface area contributed by atoms with Crippen LogP contribution in [0.15, 0.2) is 18.2 Å². The molecule has 0 bridgehead atoms. The van der Waals surface area contributed by atoms with Gasteiger partial charge in [0.25, 0.3) is 5.91 Å². The molecule has 1 aromatic carbocycles. The minimum Gasteiger partial charge on any atom is -0.360 e. The Kier molecular flexibility index (Phi) is 5.17. The number of rotatable bonds is 5. The van der Waals surface area contributed by atoms with Crippen LogP contribution in [0, 0.1) is 0 Å². The summed E-state index contributed by atoms with van der Waals surface area (Å²) in [4.78, 5) is 12.0. The van der Waals surface area contributed by atoms with Crippen LogP contribution in [0.3, 0.4) is 0 Å². The van der Waals surface area contributed by atoms with Gasteiger partial charge in [0.1, 0.15) is 0 Å². The van der Waals surface area contributed by atoms with Gasteiger partial charge in [0.2, 0.25) is 10.1 Å². The first-order valence-electron chi connectivity index (χ1n) is 5.93. The number of nitrogens with zero attached hydrogens (tertiary/aromatic N) is 2. The topological polar surface area (TPSA) is 66.9 Å². The predicted molar refractivity (Wildman–Crippen MR) is 83.1 cm³/mol. The summed E-state index contributed by atoms with van der Waals surface area (Å²) in [6.07, 6.45) is 0.974. The van der Waals surface area contributed by atoms with E-state index in [9.17, 15) is 4.79 Å². The molecule has 1 heterocycles. The molecule has 0 fully saturated rings. The first-order chi connectivity index (χ1) is 9.58. The van der Waals surface area contributed by atoms with Gasteiger partial charge in [-0.1, -0.05) is 41.5 Å². The zero-order valence-electron chi connectivity index (χ0n) is 10.6. The molecule has 8 heteroatoms. The summed E-state index contributed by atoms with van der Waals surface area (Å²) in [6, 6.07) is 4.82. The molecule has 5 nitrogen and oxygen atoms in total. The number of carbonyl (C=O) groups is 1. The molecule has 0 saturated heterocycles. The van der Waals surface area contributed by atoms with E-state index in [2.05, 4.69) is 20.8 Å². The number of anilines is 2. The zero-order valence-corrected chi connectivity index (χ0v) is 12.9.